The standard InChI is InChI=1S/C61H48/c1-34(2)41-31-48(35(3)4)54(49(32-41)36(5)6)40-27-28-43-50(30-40)45-24-16-25-46-57(45)51(43)33-53-55(37-17-9-7-10-18-37)60-47-26-15-23-44-42-22-14-13-21-39(42)29-52(58(44)47)61(60)56(59(46)53)38-19-11-8-12-20-38/h7-36H,1-6H3. The number of fused-ring (bicyclic) bond motifs is 10. The van der Waals surface area contributed by atoms with Crippen LogP contribution in [0.25, 0.3) is 120 Å². The summed E-state index contributed by atoms with van der Waals surface area (Å²) in [5, 5.41) is 21.3. The summed E-state index contributed by atoms with van der Waals surface area (Å²) in [6, 6.07) is 62.8. The molecule has 0 bridgehead atoms. The Morgan fingerprint density at radius 1 is 0.262 bits per heavy atom. The summed E-state index contributed by atoms with van der Waals surface area (Å²) in [5.74, 6) is 1.30. The van der Waals surface area contributed by atoms with Gasteiger partial charge in [-0.15, -0.1) is 0 Å². The number of rotatable bonds is 6. The van der Waals surface area contributed by atoms with E-state index >= 15 is 0 Å². The highest BCUT2D eigenvalue weighted by molar-refractivity contribution is 6.46. The van der Waals surface area contributed by atoms with E-state index in [1.54, 1.807) is 0 Å². The van der Waals surface area contributed by atoms with Gasteiger partial charge in [-0.25, -0.2) is 0 Å². The molecule has 0 fully saturated rings. The molecule has 0 saturated heterocycles. The highest BCUT2D eigenvalue weighted by Crippen LogP contribution is 2.55. The molecule has 0 heterocycles. The first-order chi connectivity index (χ1) is 29.8. The van der Waals surface area contributed by atoms with Crippen LogP contribution in [0.3, 0.4) is 0 Å². The van der Waals surface area contributed by atoms with Crippen LogP contribution in [0.15, 0.2) is 164 Å². The molecule has 0 aliphatic heterocycles. The lowest BCUT2D eigenvalue weighted by Gasteiger charge is -2.23. The maximum absolute atomic E-state index is 2.57. The maximum atomic E-state index is 2.57. The van der Waals surface area contributed by atoms with Gasteiger partial charge >= 0.3 is 0 Å². The van der Waals surface area contributed by atoms with Gasteiger partial charge in [0, 0.05) is 0 Å². The predicted octanol–water partition coefficient (Wildman–Crippen LogP) is 18.2. The fraction of sp³-hybridized carbons (Fsp3) is 0.148. The van der Waals surface area contributed by atoms with E-state index in [-0.39, 0.29) is 0 Å². The summed E-state index contributed by atoms with van der Waals surface area (Å²) in [6.07, 6.45) is 0. The van der Waals surface area contributed by atoms with Crippen LogP contribution in [0.4, 0.5) is 0 Å². The first kappa shape index (κ1) is 36.1. The predicted molar refractivity (Wildman–Crippen MR) is 267 cm³/mol. The first-order valence-electron chi connectivity index (χ1n) is 22.3. The van der Waals surface area contributed by atoms with E-state index < -0.39 is 0 Å². The third kappa shape index (κ3) is 5.12. The molecule has 0 aliphatic carbocycles. The molecule has 0 N–H and O–H groups in total. The van der Waals surface area contributed by atoms with Crippen molar-refractivity contribution in [3.8, 4) is 33.4 Å². The van der Waals surface area contributed by atoms with Crippen molar-refractivity contribution in [2.45, 2.75) is 59.3 Å². The SMILES string of the molecule is CC(C)c1cc(C(C)C)c(-c2ccc3c(c2)c2cccc4c5c(-c6ccccc6)c6c7cc8ccccc8c8cccc(c6c(-c6ccccc6)c5cc3c24)c87)c(C(C)C)c1. The van der Waals surface area contributed by atoms with Crippen molar-refractivity contribution in [3.05, 3.63) is 180 Å². The summed E-state index contributed by atoms with van der Waals surface area (Å²) in [7, 11) is 0. The Kier molecular flexibility index (Phi) is 7.92. The molecule has 0 nitrogen and oxygen atoms in total. The summed E-state index contributed by atoms with van der Waals surface area (Å²) in [6.45, 7) is 14.1. The molecule has 0 amide bonds. The molecule has 0 unspecified atom stereocenters. The van der Waals surface area contributed by atoms with E-state index in [2.05, 4.69) is 205 Å². The van der Waals surface area contributed by atoms with E-state index in [1.165, 1.54) is 136 Å². The Hall–Kier alpha value is -6.76. The Morgan fingerprint density at radius 2 is 0.803 bits per heavy atom. The van der Waals surface area contributed by atoms with Crippen molar-refractivity contribution in [1.29, 1.82) is 0 Å². The van der Waals surface area contributed by atoms with Crippen molar-refractivity contribution in [2.75, 3.05) is 0 Å². The van der Waals surface area contributed by atoms with Crippen LogP contribution in [0, 0.1) is 0 Å². The average molecular weight is 781 g/mol. The fourth-order valence-electron chi connectivity index (χ4n) is 11.2. The summed E-state index contributed by atoms with van der Waals surface area (Å²) >= 11 is 0. The highest BCUT2D eigenvalue weighted by atomic mass is 14.3. The van der Waals surface area contributed by atoms with Crippen LogP contribution in [-0.2, 0) is 0 Å². The van der Waals surface area contributed by atoms with Crippen molar-refractivity contribution >= 4 is 86.2 Å². The monoisotopic (exact) mass is 780 g/mol. The van der Waals surface area contributed by atoms with E-state index in [0.717, 1.165) is 0 Å². The van der Waals surface area contributed by atoms with E-state index in [1.807, 2.05) is 0 Å². The quantitative estimate of drug-likeness (QED) is 0.147. The highest BCUT2D eigenvalue weighted by Gasteiger charge is 2.27. The lowest BCUT2D eigenvalue weighted by molar-refractivity contribution is 0.807. The van der Waals surface area contributed by atoms with Crippen molar-refractivity contribution < 1.29 is 0 Å². The van der Waals surface area contributed by atoms with Crippen molar-refractivity contribution in [3.63, 3.8) is 0 Å². The molecule has 12 aromatic rings. The van der Waals surface area contributed by atoms with Crippen LogP contribution in [0.5, 0.6) is 0 Å². The second-order valence-electron chi connectivity index (χ2n) is 18.5. The Balaban J connectivity index is 1.29. The summed E-state index contributed by atoms with van der Waals surface area (Å²) < 4.78 is 0. The van der Waals surface area contributed by atoms with Gasteiger partial charge in [0.1, 0.15) is 0 Å². The number of benzene rings is 10. The zero-order chi connectivity index (χ0) is 41.3. The van der Waals surface area contributed by atoms with Crippen molar-refractivity contribution in [2.24, 2.45) is 0 Å². The van der Waals surface area contributed by atoms with Gasteiger partial charge in [0.25, 0.3) is 0 Å². The molecule has 0 saturated carbocycles. The molecular formula is C61H48. The summed E-state index contributed by atoms with van der Waals surface area (Å²) in [4.78, 5) is 0. The first-order valence-corrected chi connectivity index (χ1v) is 22.3. The van der Waals surface area contributed by atoms with Gasteiger partial charge < -0.3 is 0 Å². The molecule has 0 radical (unpaired) electrons. The average Bonchev–Trinajstić information content (AvgIpc) is 3.78. The lowest BCUT2D eigenvalue weighted by Crippen LogP contribution is -2.03. The Bertz CT molecular complexity index is 3670. The third-order valence-corrected chi connectivity index (χ3v) is 14.0. The smallest absolute Gasteiger partial charge is 0.000697 e. The molecular weight excluding hydrogens is 733 g/mol. The topological polar surface area (TPSA) is 0 Å². The summed E-state index contributed by atoms with van der Waals surface area (Å²) in [5.41, 5.74) is 12.2. The van der Waals surface area contributed by atoms with Crippen molar-refractivity contribution in [1.82, 2.24) is 0 Å². The molecule has 0 aromatic heterocycles. The van der Waals surface area contributed by atoms with E-state index in [4.69, 9.17) is 0 Å². The molecule has 61 heavy (non-hydrogen) atoms. The van der Waals surface area contributed by atoms with Crippen LogP contribution in [-0.4, -0.2) is 0 Å². The minimum Gasteiger partial charge on any atom is -0.0622 e. The molecule has 12 aromatic carbocycles. The Labute approximate surface area is 357 Å². The maximum Gasteiger partial charge on any atom is -0.000697 e. The number of hydrogen-bond donors (Lipinski definition) is 0. The van der Waals surface area contributed by atoms with Gasteiger partial charge in [-0.1, -0.05) is 187 Å². The second kappa shape index (κ2) is 13.4. The normalized spacial score (nSPS) is 12.5. The largest absolute Gasteiger partial charge is 0.0622 e. The zero-order valence-corrected chi connectivity index (χ0v) is 35.8. The zero-order valence-electron chi connectivity index (χ0n) is 35.8. The molecule has 12 rings (SSSR count). The molecule has 0 aliphatic rings. The lowest BCUT2D eigenvalue weighted by atomic mass is 9.81. The van der Waals surface area contributed by atoms with E-state index in [9.17, 15) is 0 Å². The second-order valence-corrected chi connectivity index (χ2v) is 18.5. The van der Waals surface area contributed by atoms with Crippen LogP contribution in [0.2, 0.25) is 0 Å². The minimum atomic E-state index is 0.411. The molecule has 0 spiro atoms. The van der Waals surface area contributed by atoms with Crippen LogP contribution in [0.1, 0.15) is 76.0 Å². The number of hydrogen-bond acceptors (Lipinski definition) is 0. The Morgan fingerprint density at radius 3 is 1.46 bits per heavy atom. The minimum absolute atomic E-state index is 0.411. The molecule has 0 atom stereocenters. The van der Waals surface area contributed by atoms with Gasteiger partial charge in [0.15, 0.2) is 0 Å². The third-order valence-electron chi connectivity index (χ3n) is 14.0. The molecule has 292 valence electrons. The van der Waals surface area contributed by atoms with Crippen LogP contribution >= 0.6 is 0 Å². The van der Waals surface area contributed by atoms with Gasteiger partial charge in [-0.05, 0) is 172 Å². The molecule has 0 heteroatoms. The van der Waals surface area contributed by atoms with Crippen LogP contribution < -0.4 is 0 Å². The van der Waals surface area contributed by atoms with Gasteiger partial charge in [-0.3, -0.25) is 0 Å². The fourth-order valence-corrected chi connectivity index (χ4v) is 11.2. The van der Waals surface area contributed by atoms with Gasteiger partial charge in [0.2, 0.25) is 0 Å². The van der Waals surface area contributed by atoms with Gasteiger partial charge in [0.05, 0.1) is 0 Å². The van der Waals surface area contributed by atoms with Gasteiger partial charge in [-0.2, -0.15) is 0 Å². The van der Waals surface area contributed by atoms with E-state index in [0.29, 0.717) is 17.8 Å².